The minimum Gasteiger partial charge on any atom is -0.388 e. The molecule has 2 aliphatic rings. The van der Waals surface area contributed by atoms with Crippen LogP contribution in [0.3, 0.4) is 0 Å². The molecule has 0 spiro atoms. The van der Waals surface area contributed by atoms with Crippen molar-refractivity contribution in [3.63, 3.8) is 0 Å². The molecule has 1 aliphatic carbocycles. The molecule has 2 N–H and O–H groups in total. The third-order valence-corrected chi connectivity index (χ3v) is 6.31. The van der Waals surface area contributed by atoms with Crippen molar-refractivity contribution in [1.82, 2.24) is 5.32 Å². The van der Waals surface area contributed by atoms with Gasteiger partial charge in [-0.15, -0.1) is 0 Å². The fourth-order valence-corrected chi connectivity index (χ4v) is 4.55. The fraction of sp³-hybridized carbons (Fsp3) is 0.529. The number of thioether (sulfide) groups is 1. The van der Waals surface area contributed by atoms with Crippen molar-refractivity contribution >= 4 is 22.8 Å². The minimum absolute atomic E-state index is 0.183. The first-order valence-electron chi connectivity index (χ1n) is 7.90. The summed E-state index contributed by atoms with van der Waals surface area (Å²) in [6.07, 6.45) is 3.17. The van der Waals surface area contributed by atoms with Crippen LogP contribution in [0.2, 0.25) is 0 Å². The lowest BCUT2D eigenvalue weighted by molar-refractivity contribution is -0.127. The molecule has 0 aromatic heterocycles. The number of aliphatic hydroxyl groups is 1. The normalized spacial score (nSPS) is 29.7. The highest BCUT2D eigenvalue weighted by atomic mass is 32.2. The Morgan fingerprint density at radius 3 is 2.52 bits per heavy atom. The quantitative estimate of drug-likeness (QED) is 0.891. The third-order valence-electron chi connectivity index (χ3n) is 4.94. The Morgan fingerprint density at radius 2 is 1.91 bits per heavy atom. The fourth-order valence-electron chi connectivity index (χ4n) is 3.28. The minimum atomic E-state index is -0.974. The van der Waals surface area contributed by atoms with Gasteiger partial charge in [-0.05, 0) is 44.4 Å². The van der Waals surface area contributed by atoms with Gasteiger partial charge in [0, 0.05) is 0 Å². The van der Waals surface area contributed by atoms with Crippen LogP contribution in [0, 0.1) is 5.82 Å². The molecule has 2 atom stereocenters. The molecular weight excluding hydrogens is 315 g/mol. The van der Waals surface area contributed by atoms with Gasteiger partial charge in [0.1, 0.15) is 10.6 Å². The van der Waals surface area contributed by atoms with Crippen LogP contribution in [-0.4, -0.2) is 26.5 Å². The van der Waals surface area contributed by atoms with Gasteiger partial charge in [0.05, 0.1) is 11.6 Å². The Balaban J connectivity index is 1.80. The third kappa shape index (κ3) is 2.90. The van der Waals surface area contributed by atoms with Gasteiger partial charge in [-0.25, -0.2) is 4.39 Å². The number of nitrogens with zero attached hydrogens (tertiary/aromatic N) is 1. The molecule has 0 unspecified atom stereocenters. The van der Waals surface area contributed by atoms with E-state index in [1.54, 1.807) is 19.1 Å². The van der Waals surface area contributed by atoms with Crippen molar-refractivity contribution in [2.75, 3.05) is 0 Å². The topological polar surface area (TPSA) is 61.7 Å². The Morgan fingerprint density at radius 1 is 1.30 bits per heavy atom. The number of hydrogen-bond acceptors (Lipinski definition) is 4. The molecule has 23 heavy (non-hydrogen) atoms. The van der Waals surface area contributed by atoms with Gasteiger partial charge < -0.3 is 10.4 Å². The Hall–Kier alpha value is -1.40. The van der Waals surface area contributed by atoms with Crippen molar-refractivity contribution in [2.24, 2.45) is 4.99 Å². The Kier molecular flexibility index (Phi) is 4.23. The van der Waals surface area contributed by atoms with E-state index < -0.39 is 10.3 Å². The molecule has 1 aromatic rings. The maximum absolute atomic E-state index is 13.0. The number of amides is 1. The highest BCUT2D eigenvalue weighted by Gasteiger charge is 2.58. The summed E-state index contributed by atoms with van der Waals surface area (Å²) in [4.78, 5) is 17.0. The standard InChI is InChI=1S/C17H21FN2O2S/c1-11(12-5-7-13(18)8-6-12)19-15-20-14(21)16(2,23-15)17(22)9-3-4-10-17/h5-8,11,22H,3-4,9-10H2,1-2H3,(H,19,20,21)/t11-,16+/m0/s1. The van der Waals surface area contributed by atoms with Gasteiger partial charge in [0.15, 0.2) is 5.17 Å². The second-order valence-electron chi connectivity index (χ2n) is 6.49. The SMILES string of the molecule is C[C@H](N=C1NC(=O)[C@](C)(C2(O)CCCC2)S1)c1ccc(F)cc1. The van der Waals surface area contributed by atoms with Crippen molar-refractivity contribution in [3.8, 4) is 0 Å². The molecule has 1 aromatic carbocycles. The predicted octanol–water partition coefficient (Wildman–Crippen LogP) is 3.17. The summed E-state index contributed by atoms with van der Waals surface area (Å²) in [5, 5.41) is 14.2. The summed E-state index contributed by atoms with van der Waals surface area (Å²) < 4.78 is 12.1. The van der Waals surface area contributed by atoms with Gasteiger partial charge in [0.2, 0.25) is 5.91 Å². The summed E-state index contributed by atoms with van der Waals surface area (Å²) in [7, 11) is 0. The van der Waals surface area contributed by atoms with Gasteiger partial charge >= 0.3 is 0 Å². The van der Waals surface area contributed by atoms with E-state index in [2.05, 4.69) is 10.3 Å². The number of carbonyl (C=O) groups is 1. The molecule has 0 radical (unpaired) electrons. The van der Waals surface area contributed by atoms with E-state index in [-0.39, 0.29) is 17.8 Å². The van der Waals surface area contributed by atoms with E-state index in [9.17, 15) is 14.3 Å². The highest BCUT2D eigenvalue weighted by molar-refractivity contribution is 8.16. The van der Waals surface area contributed by atoms with Crippen LogP contribution in [0.1, 0.15) is 51.1 Å². The highest BCUT2D eigenvalue weighted by Crippen LogP contribution is 2.48. The largest absolute Gasteiger partial charge is 0.388 e. The number of amidine groups is 1. The molecule has 0 bridgehead atoms. The Bertz CT molecular complexity index is 640. The van der Waals surface area contributed by atoms with Gasteiger partial charge in [0.25, 0.3) is 0 Å². The van der Waals surface area contributed by atoms with Crippen LogP contribution < -0.4 is 5.32 Å². The summed E-state index contributed by atoms with van der Waals surface area (Å²) in [5.74, 6) is -0.467. The number of aliphatic imine (C=N–C) groups is 1. The van der Waals surface area contributed by atoms with Crippen LogP contribution in [0.15, 0.2) is 29.3 Å². The van der Waals surface area contributed by atoms with E-state index in [4.69, 9.17) is 0 Å². The first kappa shape index (κ1) is 16.5. The predicted molar refractivity (Wildman–Crippen MR) is 89.8 cm³/mol. The molecule has 1 heterocycles. The summed E-state index contributed by atoms with van der Waals surface area (Å²) in [6.45, 7) is 3.69. The smallest absolute Gasteiger partial charge is 0.245 e. The number of carbonyl (C=O) groups excluding carboxylic acids is 1. The lowest BCUT2D eigenvalue weighted by Gasteiger charge is -2.35. The zero-order valence-electron chi connectivity index (χ0n) is 13.3. The van der Waals surface area contributed by atoms with Gasteiger partial charge in [-0.1, -0.05) is 36.7 Å². The van der Waals surface area contributed by atoms with Crippen LogP contribution >= 0.6 is 11.8 Å². The van der Waals surface area contributed by atoms with Crippen molar-refractivity contribution in [2.45, 2.75) is 55.9 Å². The molecule has 3 rings (SSSR count). The van der Waals surface area contributed by atoms with Crippen LogP contribution in [-0.2, 0) is 4.79 Å². The molecular formula is C17H21FN2O2S. The second-order valence-corrected chi connectivity index (χ2v) is 7.90. The maximum Gasteiger partial charge on any atom is 0.245 e. The summed E-state index contributed by atoms with van der Waals surface area (Å²) in [6, 6.07) is 5.99. The number of hydrogen-bond donors (Lipinski definition) is 2. The number of halogens is 1. The molecule has 4 nitrogen and oxygen atoms in total. The van der Waals surface area contributed by atoms with E-state index in [1.807, 2.05) is 6.92 Å². The summed E-state index contributed by atoms with van der Waals surface area (Å²) in [5.41, 5.74) is -0.0973. The Labute approximate surface area is 139 Å². The monoisotopic (exact) mass is 336 g/mol. The first-order valence-corrected chi connectivity index (χ1v) is 8.72. The number of benzene rings is 1. The molecule has 124 valence electrons. The lowest BCUT2D eigenvalue weighted by Crippen LogP contribution is -2.53. The number of rotatable bonds is 3. The molecule has 2 fully saturated rings. The molecule has 1 amide bonds. The van der Waals surface area contributed by atoms with Crippen molar-refractivity contribution < 1.29 is 14.3 Å². The molecule has 1 saturated carbocycles. The number of nitrogens with one attached hydrogen (secondary N) is 1. The van der Waals surface area contributed by atoms with Crippen LogP contribution in [0.25, 0.3) is 0 Å². The van der Waals surface area contributed by atoms with E-state index >= 15 is 0 Å². The van der Waals surface area contributed by atoms with Crippen molar-refractivity contribution in [1.29, 1.82) is 0 Å². The average Bonchev–Trinajstić information content (AvgIpc) is 3.06. The second kappa shape index (κ2) is 5.91. The molecule has 6 heteroatoms. The van der Waals surface area contributed by atoms with Gasteiger partial charge in [-0.3, -0.25) is 9.79 Å². The van der Waals surface area contributed by atoms with E-state index in [0.717, 1.165) is 18.4 Å². The molecule has 1 saturated heterocycles. The summed E-state index contributed by atoms with van der Waals surface area (Å²) >= 11 is 1.31. The maximum atomic E-state index is 13.0. The lowest BCUT2D eigenvalue weighted by atomic mass is 9.85. The van der Waals surface area contributed by atoms with E-state index in [0.29, 0.717) is 18.0 Å². The van der Waals surface area contributed by atoms with Crippen LogP contribution in [0.5, 0.6) is 0 Å². The average molecular weight is 336 g/mol. The van der Waals surface area contributed by atoms with Gasteiger partial charge in [-0.2, -0.15) is 0 Å². The zero-order valence-corrected chi connectivity index (χ0v) is 14.1. The van der Waals surface area contributed by atoms with Crippen LogP contribution in [0.4, 0.5) is 4.39 Å². The first-order chi connectivity index (χ1) is 10.8. The zero-order chi connectivity index (χ0) is 16.7. The van der Waals surface area contributed by atoms with Crippen molar-refractivity contribution in [3.05, 3.63) is 35.6 Å². The van der Waals surface area contributed by atoms with E-state index in [1.165, 1.54) is 23.9 Å². The molecule has 1 aliphatic heterocycles.